The zero-order valence-electron chi connectivity index (χ0n) is 17.3. The molecule has 0 aliphatic heterocycles. The number of hydrogen-bond acceptors (Lipinski definition) is 6. The Hall–Kier alpha value is -4.52. The van der Waals surface area contributed by atoms with E-state index in [1.165, 1.54) is 0 Å². The number of para-hydroxylation sites is 1. The van der Waals surface area contributed by atoms with Gasteiger partial charge >= 0.3 is 0 Å². The van der Waals surface area contributed by atoms with Crippen LogP contribution in [0.1, 0.15) is 42.2 Å². The fourth-order valence-corrected chi connectivity index (χ4v) is 3.31. The van der Waals surface area contributed by atoms with Crippen LogP contribution in [-0.2, 0) is 4.79 Å². The van der Waals surface area contributed by atoms with E-state index < -0.39 is 0 Å². The van der Waals surface area contributed by atoms with E-state index in [1.807, 2.05) is 19.1 Å². The van der Waals surface area contributed by atoms with Crippen molar-refractivity contribution in [2.24, 2.45) is 0 Å². The number of carbonyl (C=O) groups excluding carboxylic acids is 2. The van der Waals surface area contributed by atoms with Crippen LogP contribution < -0.4 is 10.6 Å². The Kier molecular flexibility index (Phi) is 5.89. The van der Waals surface area contributed by atoms with Gasteiger partial charge in [0.25, 0.3) is 5.91 Å². The third-order valence-electron chi connectivity index (χ3n) is 4.93. The van der Waals surface area contributed by atoms with Crippen molar-refractivity contribution in [2.75, 3.05) is 10.6 Å². The number of fused-ring (bicyclic) bond motifs is 1. The largest absolute Gasteiger partial charge is 0.349 e. The molecule has 4 N–H and O–H groups in total. The van der Waals surface area contributed by atoms with Crippen LogP contribution >= 0.6 is 0 Å². The Labute approximate surface area is 183 Å². The Morgan fingerprint density at radius 2 is 2.00 bits per heavy atom. The van der Waals surface area contributed by atoms with Gasteiger partial charge in [-0.1, -0.05) is 25.5 Å². The van der Waals surface area contributed by atoms with Crippen molar-refractivity contribution in [1.82, 2.24) is 25.6 Å². The number of aromatic nitrogens is 5. The van der Waals surface area contributed by atoms with Gasteiger partial charge in [0.05, 0.1) is 28.5 Å². The van der Waals surface area contributed by atoms with E-state index in [-0.39, 0.29) is 11.8 Å². The second-order valence-electron chi connectivity index (χ2n) is 7.18. The minimum Gasteiger partial charge on any atom is -0.349 e. The van der Waals surface area contributed by atoms with Crippen LogP contribution in [0, 0.1) is 11.3 Å². The average molecular weight is 428 g/mol. The predicted molar refractivity (Wildman–Crippen MR) is 119 cm³/mol. The molecule has 0 unspecified atom stereocenters. The second-order valence-corrected chi connectivity index (χ2v) is 7.18. The molecule has 10 nitrogen and oxygen atoms in total. The number of nitrogens with one attached hydrogen (secondary N) is 4. The summed E-state index contributed by atoms with van der Waals surface area (Å²) in [6, 6.07) is 14.1. The Morgan fingerprint density at radius 3 is 2.75 bits per heavy atom. The molecule has 0 bridgehead atoms. The SMILES string of the molecule is CCCCC(=O)Nc1cccc2cc(C(=O)Nc3ccc(C#N)cc3-c3nnn[nH]3)[nH]c12. The lowest BCUT2D eigenvalue weighted by molar-refractivity contribution is -0.116. The predicted octanol–water partition coefficient (Wildman–Crippen LogP) is 3.60. The van der Waals surface area contributed by atoms with Crippen molar-refractivity contribution in [2.45, 2.75) is 26.2 Å². The van der Waals surface area contributed by atoms with Crippen LogP contribution in [0.5, 0.6) is 0 Å². The highest BCUT2D eigenvalue weighted by atomic mass is 16.2. The lowest BCUT2D eigenvalue weighted by Gasteiger charge is -2.09. The molecule has 4 aromatic rings. The maximum Gasteiger partial charge on any atom is 0.272 e. The van der Waals surface area contributed by atoms with Crippen molar-refractivity contribution < 1.29 is 9.59 Å². The second kappa shape index (κ2) is 9.09. The number of unbranched alkanes of at least 4 members (excludes halogenated alkanes) is 1. The summed E-state index contributed by atoms with van der Waals surface area (Å²) >= 11 is 0. The number of amides is 2. The number of carbonyl (C=O) groups is 2. The molecule has 0 saturated heterocycles. The van der Waals surface area contributed by atoms with Crippen LogP contribution in [0.3, 0.4) is 0 Å². The fraction of sp³-hybridized carbons (Fsp3) is 0.182. The number of tetrazole rings is 1. The maximum atomic E-state index is 13.0. The maximum absolute atomic E-state index is 13.0. The lowest BCUT2D eigenvalue weighted by atomic mass is 10.1. The fourth-order valence-electron chi connectivity index (χ4n) is 3.31. The molecule has 0 spiro atoms. The molecule has 0 fully saturated rings. The first kappa shape index (κ1) is 20.7. The summed E-state index contributed by atoms with van der Waals surface area (Å²) in [6.45, 7) is 2.03. The Balaban J connectivity index is 1.61. The van der Waals surface area contributed by atoms with Crippen molar-refractivity contribution in [3.8, 4) is 17.5 Å². The number of nitriles is 1. The number of nitrogens with zero attached hydrogens (tertiary/aromatic N) is 4. The Morgan fingerprint density at radius 1 is 1.12 bits per heavy atom. The molecular weight excluding hydrogens is 408 g/mol. The minimum absolute atomic E-state index is 0.0668. The molecule has 0 aliphatic rings. The molecule has 0 radical (unpaired) electrons. The van der Waals surface area contributed by atoms with Crippen molar-refractivity contribution >= 4 is 34.1 Å². The molecule has 0 aliphatic carbocycles. The van der Waals surface area contributed by atoms with Crippen LogP contribution in [0.15, 0.2) is 42.5 Å². The van der Waals surface area contributed by atoms with Gasteiger partial charge < -0.3 is 15.6 Å². The molecule has 2 heterocycles. The molecular formula is C22H20N8O2. The van der Waals surface area contributed by atoms with Crippen LogP contribution in [0.2, 0.25) is 0 Å². The standard InChI is InChI=1S/C22H20N8O2/c1-2-3-7-19(31)24-17-6-4-5-14-11-18(25-20(14)17)22(32)26-16-9-8-13(12-23)10-15(16)21-27-29-30-28-21/h4-6,8-11,25H,2-3,7H2,1H3,(H,24,31)(H,26,32)(H,27,28,29,30). The van der Waals surface area contributed by atoms with Gasteiger partial charge in [-0.05, 0) is 47.2 Å². The normalized spacial score (nSPS) is 10.6. The number of benzene rings is 2. The first-order chi connectivity index (χ1) is 15.6. The lowest BCUT2D eigenvalue weighted by Crippen LogP contribution is -2.13. The van der Waals surface area contributed by atoms with Gasteiger partial charge in [-0.15, -0.1) is 5.10 Å². The summed E-state index contributed by atoms with van der Waals surface area (Å²) in [4.78, 5) is 28.2. The molecule has 160 valence electrons. The highest BCUT2D eigenvalue weighted by Gasteiger charge is 2.16. The van der Waals surface area contributed by atoms with Gasteiger partial charge in [0.2, 0.25) is 5.91 Å². The third kappa shape index (κ3) is 4.32. The van der Waals surface area contributed by atoms with Gasteiger partial charge in [0.1, 0.15) is 5.69 Å². The molecule has 10 heteroatoms. The first-order valence-corrected chi connectivity index (χ1v) is 10.1. The van der Waals surface area contributed by atoms with Crippen LogP contribution in [-0.4, -0.2) is 37.4 Å². The van der Waals surface area contributed by atoms with E-state index in [9.17, 15) is 14.9 Å². The van der Waals surface area contributed by atoms with Crippen molar-refractivity contribution in [1.29, 1.82) is 5.26 Å². The summed E-state index contributed by atoms with van der Waals surface area (Å²) < 4.78 is 0. The van der Waals surface area contributed by atoms with Gasteiger partial charge in [-0.3, -0.25) is 9.59 Å². The third-order valence-corrected chi connectivity index (χ3v) is 4.93. The van der Waals surface area contributed by atoms with Crippen LogP contribution in [0.25, 0.3) is 22.3 Å². The van der Waals surface area contributed by atoms with E-state index in [0.29, 0.717) is 46.0 Å². The zero-order chi connectivity index (χ0) is 22.5. The quantitative estimate of drug-likeness (QED) is 0.353. The van der Waals surface area contributed by atoms with E-state index >= 15 is 0 Å². The first-order valence-electron chi connectivity index (χ1n) is 10.1. The minimum atomic E-state index is -0.386. The molecule has 2 aromatic carbocycles. The monoisotopic (exact) mass is 428 g/mol. The van der Waals surface area contributed by atoms with E-state index in [0.717, 1.165) is 18.2 Å². The summed E-state index contributed by atoms with van der Waals surface area (Å²) in [7, 11) is 0. The highest BCUT2D eigenvalue weighted by Crippen LogP contribution is 2.28. The topological polar surface area (TPSA) is 152 Å². The summed E-state index contributed by atoms with van der Waals surface area (Å²) in [5.41, 5.74) is 2.95. The Bertz CT molecular complexity index is 1320. The molecule has 0 saturated carbocycles. The van der Waals surface area contributed by atoms with Gasteiger partial charge in [-0.25, -0.2) is 5.10 Å². The summed E-state index contributed by atoms with van der Waals surface area (Å²) in [5.74, 6) is -0.128. The zero-order valence-corrected chi connectivity index (χ0v) is 17.3. The number of aromatic amines is 2. The van der Waals surface area contributed by atoms with Crippen LogP contribution in [0.4, 0.5) is 11.4 Å². The van der Waals surface area contributed by atoms with Crippen molar-refractivity contribution in [3.63, 3.8) is 0 Å². The van der Waals surface area contributed by atoms with E-state index in [4.69, 9.17) is 0 Å². The number of hydrogen-bond donors (Lipinski definition) is 4. The smallest absolute Gasteiger partial charge is 0.272 e. The number of H-pyrrole nitrogens is 2. The molecule has 4 rings (SSSR count). The summed E-state index contributed by atoms with van der Waals surface area (Å²) in [6.07, 6.45) is 2.19. The van der Waals surface area contributed by atoms with E-state index in [2.05, 4.69) is 42.3 Å². The number of rotatable bonds is 7. The van der Waals surface area contributed by atoms with E-state index in [1.54, 1.807) is 30.3 Å². The molecule has 2 amide bonds. The number of anilines is 2. The molecule has 2 aromatic heterocycles. The van der Waals surface area contributed by atoms with Gasteiger partial charge in [-0.2, -0.15) is 5.26 Å². The molecule has 32 heavy (non-hydrogen) atoms. The van der Waals surface area contributed by atoms with Gasteiger partial charge in [0.15, 0.2) is 5.82 Å². The average Bonchev–Trinajstić information content (AvgIpc) is 3.48. The summed E-state index contributed by atoms with van der Waals surface area (Å²) in [5, 5.41) is 29.3. The molecule has 0 atom stereocenters. The highest BCUT2D eigenvalue weighted by molar-refractivity contribution is 6.09. The van der Waals surface area contributed by atoms with Gasteiger partial charge in [0, 0.05) is 17.4 Å². The van der Waals surface area contributed by atoms with Crippen molar-refractivity contribution in [3.05, 3.63) is 53.7 Å².